The summed E-state index contributed by atoms with van der Waals surface area (Å²) in [7, 11) is 0. The van der Waals surface area contributed by atoms with Gasteiger partial charge in [0.25, 0.3) is 0 Å². The van der Waals surface area contributed by atoms with Gasteiger partial charge in [0.2, 0.25) is 0 Å². The number of aliphatic imine (C=N–C) groups is 1. The third-order valence-corrected chi connectivity index (χ3v) is 4.21. The van der Waals surface area contributed by atoms with Crippen LogP contribution in [-0.4, -0.2) is 52.2 Å². The van der Waals surface area contributed by atoms with Crippen LogP contribution in [0.1, 0.15) is 17.5 Å². The molecule has 1 aliphatic heterocycles. The first-order valence-electron chi connectivity index (χ1n) is 7.99. The Bertz CT molecular complexity index is 674. The number of hydrogen-bond donors (Lipinski definition) is 2. The fourth-order valence-corrected chi connectivity index (χ4v) is 2.92. The Kier molecular flexibility index (Phi) is 4.91. The van der Waals surface area contributed by atoms with Gasteiger partial charge in [0.15, 0.2) is 0 Å². The standard InChI is InChI=1S/C19H20N2O3/c22-17-13-21(19(23)24)12-11-16(17)20-18(14-7-3-1-4-8-14)15-9-5-2-6-10-15/h1-10,16-17,22H,11-13H2,(H,23,24)/t16-,17-/m1/s1. The lowest BCUT2D eigenvalue weighted by Gasteiger charge is -2.32. The Morgan fingerprint density at radius 1 is 1.00 bits per heavy atom. The molecule has 1 heterocycles. The molecule has 0 unspecified atom stereocenters. The van der Waals surface area contributed by atoms with E-state index in [1.165, 1.54) is 4.90 Å². The topological polar surface area (TPSA) is 73.1 Å². The molecule has 0 aliphatic carbocycles. The molecule has 0 radical (unpaired) electrons. The van der Waals surface area contributed by atoms with Gasteiger partial charge in [0.05, 0.1) is 24.4 Å². The van der Waals surface area contributed by atoms with Crippen molar-refractivity contribution < 1.29 is 15.0 Å². The van der Waals surface area contributed by atoms with Gasteiger partial charge < -0.3 is 15.1 Å². The Hall–Kier alpha value is -2.66. The van der Waals surface area contributed by atoms with Crippen molar-refractivity contribution in [3.8, 4) is 0 Å². The summed E-state index contributed by atoms with van der Waals surface area (Å²) in [5.74, 6) is 0. The van der Waals surface area contributed by atoms with Gasteiger partial charge in [0.1, 0.15) is 0 Å². The molecule has 0 spiro atoms. The molecule has 2 atom stereocenters. The molecule has 124 valence electrons. The van der Waals surface area contributed by atoms with E-state index in [1.54, 1.807) is 0 Å². The van der Waals surface area contributed by atoms with Gasteiger partial charge in [-0.2, -0.15) is 0 Å². The highest BCUT2D eigenvalue weighted by Gasteiger charge is 2.30. The number of carbonyl (C=O) groups is 1. The van der Waals surface area contributed by atoms with Gasteiger partial charge >= 0.3 is 6.09 Å². The second-order valence-electron chi connectivity index (χ2n) is 5.86. The number of amides is 1. The Balaban J connectivity index is 1.92. The van der Waals surface area contributed by atoms with Crippen molar-refractivity contribution in [3.05, 3.63) is 71.8 Å². The lowest BCUT2D eigenvalue weighted by Crippen LogP contribution is -2.48. The fourth-order valence-electron chi connectivity index (χ4n) is 2.92. The first-order chi connectivity index (χ1) is 11.6. The number of benzene rings is 2. The molecule has 1 fully saturated rings. The monoisotopic (exact) mass is 324 g/mol. The molecular formula is C19H20N2O3. The Labute approximate surface area is 140 Å². The number of likely N-dealkylation sites (tertiary alicyclic amines) is 1. The highest BCUT2D eigenvalue weighted by molar-refractivity contribution is 6.13. The summed E-state index contributed by atoms with van der Waals surface area (Å²) in [5.41, 5.74) is 2.79. The van der Waals surface area contributed by atoms with E-state index in [1.807, 2.05) is 60.7 Å². The molecule has 2 N–H and O–H groups in total. The number of β-amino-alcohol motifs (C(OH)–C–C–N with tert-alkyl or cyclic N) is 1. The van der Waals surface area contributed by atoms with Gasteiger partial charge in [-0.05, 0) is 6.42 Å². The van der Waals surface area contributed by atoms with Crippen LogP contribution in [-0.2, 0) is 0 Å². The van der Waals surface area contributed by atoms with Gasteiger partial charge in [-0.15, -0.1) is 0 Å². The molecule has 24 heavy (non-hydrogen) atoms. The predicted molar refractivity (Wildman–Crippen MR) is 92.5 cm³/mol. The van der Waals surface area contributed by atoms with E-state index in [-0.39, 0.29) is 12.6 Å². The van der Waals surface area contributed by atoms with E-state index in [4.69, 9.17) is 10.1 Å². The summed E-state index contributed by atoms with van der Waals surface area (Å²) in [4.78, 5) is 17.1. The van der Waals surface area contributed by atoms with Crippen molar-refractivity contribution in [2.45, 2.75) is 18.6 Å². The molecule has 1 aliphatic rings. The quantitative estimate of drug-likeness (QED) is 0.853. The maximum absolute atomic E-state index is 11.1. The largest absolute Gasteiger partial charge is 0.465 e. The maximum Gasteiger partial charge on any atom is 0.407 e. The van der Waals surface area contributed by atoms with Crippen LogP contribution in [0.15, 0.2) is 65.7 Å². The molecule has 0 bridgehead atoms. The third-order valence-electron chi connectivity index (χ3n) is 4.21. The number of carboxylic acid groups (broad SMARTS) is 1. The minimum atomic E-state index is -0.997. The lowest BCUT2D eigenvalue weighted by atomic mass is 9.99. The number of nitrogens with zero attached hydrogens (tertiary/aromatic N) is 2. The van der Waals surface area contributed by atoms with Gasteiger partial charge in [-0.3, -0.25) is 4.99 Å². The minimum Gasteiger partial charge on any atom is -0.465 e. The molecule has 5 heteroatoms. The third kappa shape index (κ3) is 3.63. The van der Waals surface area contributed by atoms with Crippen LogP contribution in [0.4, 0.5) is 4.79 Å². The van der Waals surface area contributed by atoms with Crippen molar-refractivity contribution in [3.63, 3.8) is 0 Å². The predicted octanol–water partition coefficient (Wildman–Crippen LogP) is 2.64. The molecule has 0 saturated carbocycles. The highest BCUT2D eigenvalue weighted by atomic mass is 16.4. The van der Waals surface area contributed by atoms with E-state index in [2.05, 4.69) is 0 Å². The maximum atomic E-state index is 11.1. The second kappa shape index (κ2) is 7.27. The van der Waals surface area contributed by atoms with Crippen molar-refractivity contribution in [1.29, 1.82) is 0 Å². The summed E-state index contributed by atoms with van der Waals surface area (Å²) in [6.45, 7) is 0.484. The van der Waals surface area contributed by atoms with Crippen LogP contribution in [0.5, 0.6) is 0 Å². The molecule has 2 aromatic rings. The fraction of sp³-hybridized carbons (Fsp3) is 0.263. The molecule has 0 aromatic heterocycles. The number of hydrogen-bond acceptors (Lipinski definition) is 3. The van der Waals surface area contributed by atoms with E-state index in [0.29, 0.717) is 13.0 Å². The minimum absolute atomic E-state index is 0.0976. The van der Waals surface area contributed by atoms with Crippen molar-refractivity contribution >= 4 is 11.8 Å². The summed E-state index contributed by atoms with van der Waals surface area (Å²) >= 11 is 0. The lowest BCUT2D eigenvalue weighted by molar-refractivity contribution is 0.0530. The van der Waals surface area contributed by atoms with Crippen LogP contribution >= 0.6 is 0 Å². The van der Waals surface area contributed by atoms with Crippen LogP contribution < -0.4 is 0 Å². The highest BCUT2D eigenvalue weighted by Crippen LogP contribution is 2.19. The van der Waals surface area contributed by atoms with Crippen molar-refractivity contribution in [2.24, 2.45) is 4.99 Å². The number of aliphatic hydroxyl groups excluding tert-OH is 1. The Morgan fingerprint density at radius 2 is 1.54 bits per heavy atom. The van der Waals surface area contributed by atoms with E-state index in [9.17, 15) is 9.90 Å². The van der Waals surface area contributed by atoms with Crippen molar-refractivity contribution in [2.75, 3.05) is 13.1 Å². The molecular weight excluding hydrogens is 304 g/mol. The van der Waals surface area contributed by atoms with Crippen LogP contribution in [0, 0.1) is 0 Å². The Morgan fingerprint density at radius 3 is 2.00 bits per heavy atom. The second-order valence-corrected chi connectivity index (χ2v) is 5.86. The van der Waals surface area contributed by atoms with E-state index < -0.39 is 12.2 Å². The zero-order chi connectivity index (χ0) is 16.9. The zero-order valence-electron chi connectivity index (χ0n) is 13.2. The summed E-state index contributed by atoms with van der Waals surface area (Å²) in [6, 6.07) is 19.4. The first kappa shape index (κ1) is 16.2. The van der Waals surface area contributed by atoms with Gasteiger partial charge in [-0.25, -0.2) is 4.79 Å². The smallest absolute Gasteiger partial charge is 0.407 e. The summed E-state index contributed by atoms with van der Waals surface area (Å²) in [5, 5.41) is 19.4. The molecule has 5 nitrogen and oxygen atoms in total. The zero-order valence-corrected chi connectivity index (χ0v) is 13.2. The number of piperidine rings is 1. The first-order valence-corrected chi connectivity index (χ1v) is 7.99. The molecule has 2 aromatic carbocycles. The number of aliphatic hydroxyl groups is 1. The number of rotatable bonds is 3. The van der Waals surface area contributed by atoms with Crippen molar-refractivity contribution in [1.82, 2.24) is 4.90 Å². The molecule has 3 rings (SSSR count). The normalized spacial score (nSPS) is 20.5. The van der Waals surface area contributed by atoms with Crippen LogP contribution in [0.25, 0.3) is 0 Å². The molecule has 1 amide bonds. The SMILES string of the molecule is O=C(O)N1CC[C@@H](N=C(c2ccccc2)c2ccccc2)[C@H](O)C1. The van der Waals surface area contributed by atoms with E-state index in [0.717, 1.165) is 16.8 Å². The van der Waals surface area contributed by atoms with Gasteiger partial charge in [0, 0.05) is 17.7 Å². The molecule has 1 saturated heterocycles. The van der Waals surface area contributed by atoms with E-state index >= 15 is 0 Å². The summed E-state index contributed by atoms with van der Waals surface area (Å²) in [6.07, 6.45) is -1.28. The average Bonchev–Trinajstić information content (AvgIpc) is 2.62. The van der Waals surface area contributed by atoms with Gasteiger partial charge in [-0.1, -0.05) is 60.7 Å². The average molecular weight is 324 g/mol. The summed E-state index contributed by atoms with van der Waals surface area (Å²) < 4.78 is 0. The van der Waals surface area contributed by atoms with Crippen LogP contribution in [0.3, 0.4) is 0 Å². The van der Waals surface area contributed by atoms with Crippen LogP contribution in [0.2, 0.25) is 0 Å².